The fraction of sp³-hybridized carbons (Fsp3) is 0.214. The van der Waals surface area contributed by atoms with Crippen molar-refractivity contribution in [3.63, 3.8) is 0 Å². The highest BCUT2D eigenvalue weighted by Gasteiger charge is 2.29. The van der Waals surface area contributed by atoms with Crippen molar-refractivity contribution in [3.8, 4) is 0 Å². The third-order valence-corrected chi connectivity index (χ3v) is 5.36. The van der Waals surface area contributed by atoms with Crippen molar-refractivity contribution >= 4 is 11.8 Å². The van der Waals surface area contributed by atoms with Crippen LogP contribution in [0.2, 0.25) is 0 Å². The van der Waals surface area contributed by atoms with Gasteiger partial charge in [0.25, 0.3) is 0 Å². The average molecular weight is 427 g/mol. The lowest BCUT2D eigenvalue weighted by Crippen LogP contribution is -2.50. The Balaban J connectivity index is 1.86. The minimum absolute atomic E-state index is 0.0348. The van der Waals surface area contributed by atoms with Gasteiger partial charge in [0.15, 0.2) is 0 Å². The van der Waals surface area contributed by atoms with E-state index in [0.717, 1.165) is 16.7 Å². The first-order valence-corrected chi connectivity index (χ1v) is 11.0. The molecule has 4 nitrogen and oxygen atoms in total. The molecule has 1 N–H and O–H groups in total. The molecule has 0 saturated carbocycles. The van der Waals surface area contributed by atoms with E-state index in [1.807, 2.05) is 91.0 Å². The number of carbonyl (C=O) groups excluding carboxylic acids is 2. The van der Waals surface area contributed by atoms with E-state index < -0.39 is 6.04 Å². The fourth-order valence-corrected chi connectivity index (χ4v) is 3.66. The molecule has 0 aromatic heterocycles. The second-order valence-corrected chi connectivity index (χ2v) is 7.73. The summed E-state index contributed by atoms with van der Waals surface area (Å²) in [6, 6.07) is 29.0. The van der Waals surface area contributed by atoms with Gasteiger partial charge in [-0.15, -0.1) is 6.58 Å². The lowest BCUT2D eigenvalue weighted by atomic mass is 10.0. The molecule has 0 saturated heterocycles. The van der Waals surface area contributed by atoms with Crippen LogP contribution in [0.5, 0.6) is 0 Å². The first-order chi connectivity index (χ1) is 15.7. The predicted molar refractivity (Wildman–Crippen MR) is 129 cm³/mol. The van der Waals surface area contributed by atoms with Crippen LogP contribution in [0.1, 0.15) is 23.1 Å². The Labute approximate surface area is 190 Å². The minimum atomic E-state index is -0.610. The van der Waals surface area contributed by atoms with Crippen LogP contribution in [0, 0.1) is 0 Å². The second kappa shape index (κ2) is 12.3. The number of hydrogen-bond acceptors (Lipinski definition) is 2. The summed E-state index contributed by atoms with van der Waals surface area (Å²) in [5, 5.41) is 2.90. The van der Waals surface area contributed by atoms with Gasteiger partial charge in [-0.05, 0) is 23.1 Å². The summed E-state index contributed by atoms with van der Waals surface area (Å²) in [7, 11) is 0. The molecule has 0 heterocycles. The standard InChI is InChI=1S/C28H30N2O2/c1-2-20-29-28(32)26(21-24-14-8-4-9-15-24)30(22-25-16-10-5-11-17-25)27(31)19-18-23-12-6-3-7-13-23/h2-17,26H,1,18-22H2,(H,29,32). The Hall–Kier alpha value is -3.66. The van der Waals surface area contributed by atoms with E-state index in [2.05, 4.69) is 11.9 Å². The van der Waals surface area contributed by atoms with Crippen LogP contribution in [-0.2, 0) is 29.0 Å². The maximum Gasteiger partial charge on any atom is 0.243 e. The summed E-state index contributed by atoms with van der Waals surface area (Å²) in [6.07, 6.45) is 3.08. The van der Waals surface area contributed by atoms with Crippen molar-refractivity contribution in [1.29, 1.82) is 0 Å². The van der Waals surface area contributed by atoms with Gasteiger partial charge in [0.1, 0.15) is 6.04 Å². The molecule has 1 atom stereocenters. The number of nitrogens with zero attached hydrogens (tertiary/aromatic N) is 1. The molecule has 3 rings (SSSR count). The topological polar surface area (TPSA) is 49.4 Å². The van der Waals surface area contributed by atoms with Crippen LogP contribution in [0.15, 0.2) is 104 Å². The Bertz CT molecular complexity index is 988. The van der Waals surface area contributed by atoms with Crippen LogP contribution >= 0.6 is 0 Å². The van der Waals surface area contributed by atoms with E-state index >= 15 is 0 Å². The van der Waals surface area contributed by atoms with Crippen LogP contribution in [0.4, 0.5) is 0 Å². The Morgan fingerprint density at radius 3 is 1.91 bits per heavy atom. The molecular formula is C28H30N2O2. The third kappa shape index (κ3) is 6.95. The molecule has 0 aliphatic carbocycles. The van der Waals surface area contributed by atoms with E-state index in [4.69, 9.17) is 0 Å². The van der Waals surface area contributed by atoms with E-state index in [9.17, 15) is 9.59 Å². The largest absolute Gasteiger partial charge is 0.351 e. The number of aryl methyl sites for hydroxylation is 1. The molecule has 0 fully saturated rings. The van der Waals surface area contributed by atoms with E-state index in [1.54, 1.807) is 11.0 Å². The average Bonchev–Trinajstić information content (AvgIpc) is 2.85. The van der Waals surface area contributed by atoms with Gasteiger partial charge >= 0.3 is 0 Å². The molecular weight excluding hydrogens is 396 g/mol. The van der Waals surface area contributed by atoms with Gasteiger partial charge < -0.3 is 10.2 Å². The molecule has 164 valence electrons. The Morgan fingerprint density at radius 1 is 0.812 bits per heavy atom. The van der Waals surface area contributed by atoms with Crippen molar-refractivity contribution in [3.05, 3.63) is 120 Å². The van der Waals surface area contributed by atoms with Crippen LogP contribution in [-0.4, -0.2) is 29.3 Å². The maximum atomic E-state index is 13.5. The number of nitrogens with one attached hydrogen (secondary N) is 1. The van der Waals surface area contributed by atoms with Gasteiger partial charge in [-0.2, -0.15) is 0 Å². The third-order valence-electron chi connectivity index (χ3n) is 5.36. The normalized spacial score (nSPS) is 11.4. The molecule has 4 heteroatoms. The Morgan fingerprint density at radius 2 is 1.34 bits per heavy atom. The summed E-state index contributed by atoms with van der Waals surface area (Å²) in [4.78, 5) is 28.3. The maximum absolute atomic E-state index is 13.5. The summed E-state index contributed by atoms with van der Waals surface area (Å²) in [6.45, 7) is 4.44. The lowest BCUT2D eigenvalue weighted by molar-refractivity contribution is -0.141. The van der Waals surface area contributed by atoms with Gasteiger partial charge in [0.05, 0.1) is 0 Å². The summed E-state index contributed by atoms with van der Waals surface area (Å²) in [5.74, 6) is -0.204. The van der Waals surface area contributed by atoms with Crippen molar-refractivity contribution in [2.75, 3.05) is 6.54 Å². The molecule has 0 aliphatic heterocycles. The Kier molecular flexibility index (Phi) is 8.81. The quantitative estimate of drug-likeness (QED) is 0.457. The fourth-order valence-electron chi connectivity index (χ4n) is 3.66. The van der Waals surface area contributed by atoms with Crippen LogP contribution in [0.3, 0.4) is 0 Å². The summed E-state index contributed by atoms with van der Waals surface area (Å²) >= 11 is 0. The van der Waals surface area contributed by atoms with Crippen molar-refractivity contribution in [2.24, 2.45) is 0 Å². The zero-order valence-corrected chi connectivity index (χ0v) is 18.3. The van der Waals surface area contributed by atoms with E-state index in [0.29, 0.717) is 32.4 Å². The molecule has 32 heavy (non-hydrogen) atoms. The smallest absolute Gasteiger partial charge is 0.243 e. The van der Waals surface area contributed by atoms with Gasteiger partial charge in [-0.25, -0.2) is 0 Å². The number of rotatable bonds is 11. The highest BCUT2D eigenvalue weighted by atomic mass is 16.2. The zero-order valence-electron chi connectivity index (χ0n) is 18.3. The molecule has 3 aromatic rings. The lowest BCUT2D eigenvalue weighted by Gasteiger charge is -2.31. The molecule has 0 aliphatic rings. The molecule has 0 radical (unpaired) electrons. The van der Waals surface area contributed by atoms with Crippen molar-refractivity contribution in [1.82, 2.24) is 10.2 Å². The van der Waals surface area contributed by atoms with Gasteiger partial charge in [0.2, 0.25) is 11.8 Å². The highest BCUT2D eigenvalue weighted by Crippen LogP contribution is 2.17. The second-order valence-electron chi connectivity index (χ2n) is 7.73. The van der Waals surface area contributed by atoms with Gasteiger partial charge in [0, 0.05) is 25.9 Å². The van der Waals surface area contributed by atoms with Gasteiger partial charge in [-0.1, -0.05) is 97.1 Å². The SMILES string of the molecule is C=CCNC(=O)C(Cc1ccccc1)N(Cc1ccccc1)C(=O)CCc1ccccc1. The van der Waals surface area contributed by atoms with E-state index in [-0.39, 0.29) is 11.8 Å². The molecule has 0 bridgehead atoms. The first-order valence-electron chi connectivity index (χ1n) is 11.0. The predicted octanol–water partition coefficient (Wildman–Crippen LogP) is 4.56. The number of amides is 2. The molecule has 3 aromatic carbocycles. The summed E-state index contributed by atoms with van der Waals surface area (Å²) in [5.41, 5.74) is 3.12. The molecule has 0 spiro atoms. The monoisotopic (exact) mass is 426 g/mol. The number of carbonyl (C=O) groups is 2. The van der Waals surface area contributed by atoms with Gasteiger partial charge in [-0.3, -0.25) is 9.59 Å². The summed E-state index contributed by atoms with van der Waals surface area (Å²) < 4.78 is 0. The number of benzene rings is 3. The van der Waals surface area contributed by atoms with Crippen molar-refractivity contribution < 1.29 is 9.59 Å². The van der Waals surface area contributed by atoms with Crippen LogP contribution < -0.4 is 5.32 Å². The molecule has 1 unspecified atom stereocenters. The van der Waals surface area contributed by atoms with E-state index in [1.165, 1.54) is 0 Å². The molecule has 2 amide bonds. The van der Waals surface area contributed by atoms with Crippen molar-refractivity contribution in [2.45, 2.75) is 31.8 Å². The van der Waals surface area contributed by atoms with Crippen LogP contribution in [0.25, 0.3) is 0 Å². The first kappa shape index (κ1) is 23.0. The highest BCUT2D eigenvalue weighted by molar-refractivity contribution is 5.88. The number of hydrogen-bond donors (Lipinski definition) is 1. The minimum Gasteiger partial charge on any atom is -0.351 e. The zero-order chi connectivity index (χ0) is 22.6.